The largest absolute Gasteiger partial charge is 0.534 e. The Morgan fingerprint density at radius 3 is 2.44 bits per heavy atom. The van der Waals surface area contributed by atoms with E-state index in [0.29, 0.717) is 30.5 Å². The lowest BCUT2D eigenvalue weighted by atomic mass is 9.92. The summed E-state index contributed by atoms with van der Waals surface area (Å²) in [4.78, 5) is 26.4. The third kappa shape index (κ3) is 5.69. The molecule has 34 heavy (non-hydrogen) atoms. The molecule has 0 bridgehead atoms. The normalized spacial score (nSPS) is 18.8. The molecule has 7 nitrogen and oxygen atoms in total. The second-order valence-electron chi connectivity index (χ2n) is 8.03. The Balaban J connectivity index is 1.99. The number of carbonyl (C=O) groups is 2. The minimum absolute atomic E-state index is 0.0674. The van der Waals surface area contributed by atoms with E-state index in [1.165, 1.54) is 6.07 Å². The van der Waals surface area contributed by atoms with Crippen LogP contribution in [-0.4, -0.2) is 42.4 Å². The molecule has 0 spiro atoms. The van der Waals surface area contributed by atoms with Gasteiger partial charge < -0.3 is 14.2 Å². The number of carboxylic acid groups (broad SMARTS) is 1. The maximum absolute atomic E-state index is 13.4. The molecular weight excluding hydrogens is 475 g/mol. The maximum atomic E-state index is 13.4. The third-order valence-electron chi connectivity index (χ3n) is 5.73. The van der Waals surface area contributed by atoms with Crippen LogP contribution in [0.1, 0.15) is 42.5 Å². The molecule has 2 unspecified atom stereocenters. The van der Waals surface area contributed by atoms with Gasteiger partial charge in [-0.15, -0.1) is 0 Å². The number of alkyl halides is 3. The van der Waals surface area contributed by atoms with Crippen LogP contribution in [-0.2, 0) is 32.5 Å². The van der Waals surface area contributed by atoms with Crippen LogP contribution < -0.4 is 4.18 Å². The predicted molar refractivity (Wildman–Crippen MR) is 116 cm³/mol. The Kier molecular flexibility index (Phi) is 7.54. The molecule has 0 aromatic heterocycles. The van der Waals surface area contributed by atoms with E-state index < -0.39 is 45.7 Å². The molecule has 184 valence electrons. The molecule has 3 rings (SSSR count). The van der Waals surface area contributed by atoms with Gasteiger partial charge in [0.1, 0.15) is 5.75 Å². The van der Waals surface area contributed by atoms with Gasteiger partial charge in [0.05, 0.1) is 18.4 Å². The van der Waals surface area contributed by atoms with E-state index in [-0.39, 0.29) is 12.3 Å². The Bertz CT molecular complexity index is 1150. The van der Waals surface area contributed by atoms with Gasteiger partial charge in [-0.1, -0.05) is 43.3 Å². The van der Waals surface area contributed by atoms with Crippen molar-refractivity contribution in [2.75, 3.05) is 6.54 Å². The summed E-state index contributed by atoms with van der Waals surface area (Å²) in [6.45, 7) is 2.16. The number of amides is 1. The van der Waals surface area contributed by atoms with Gasteiger partial charge in [-0.05, 0) is 48.1 Å². The fraction of sp³-hybridized carbons (Fsp3) is 0.391. The maximum Gasteiger partial charge on any atom is 0.534 e. The topological polar surface area (TPSA) is 101 Å². The number of rotatable bonds is 8. The van der Waals surface area contributed by atoms with Crippen molar-refractivity contribution in [3.63, 3.8) is 0 Å². The highest BCUT2D eigenvalue weighted by molar-refractivity contribution is 7.88. The summed E-state index contributed by atoms with van der Waals surface area (Å²) in [7, 11) is -5.87. The van der Waals surface area contributed by atoms with Gasteiger partial charge in [0, 0.05) is 6.54 Å². The molecule has 1 heterocycles. The molecule has 0 saturated carbocycles. The van der Waals surface area contributed by atoms with Gasteiger partial charge in [-0.25, -0.2) is 0 Å². The van der Waals surface area contributed by atoms with E-state index >= 15 is 0 Å². The van der Waals surface area contributed by atoms with Crippen LogP contribution in [0.15, 0.2) is 48.5 Å². The lowest BCUT2D eigenvalue weighted by Gasteiger charge is -2.32. The summed E-state index contributed by atoms with van der Waals surface area (Å²) in [5, 5.41) is 9.34. The Morgan fingerprint density at radius 1 is 1.18 bits per heavy atom. The zero-order valence-electron chi connectivity index (χ0n) is 18.3. The first-order valence-corrected chi connectivity index (χ1v) is 12.0. The summed E-state index contributed by atoms with van der Waals surface area (Å²) < 4.78 is 65.3. The molecule has 1 aliphatic rings. The Hall–Kier alpha value is -3.08. The number of hydrogen-bond acceptors (Lipinski definition) is 5. The monoisotopic (exact) mass is 499 g/mol. The van der Waals surface area contributed by atoms with Crippen LogP contribution in [0, 0.1) is 5.92 Å². The van der Waals surface area contributed by atoms with Crippen molar-refractivity contribution < 1.29 is 40.5 Å². The number of hydrogen-bond donors (Lipinski definition) is 1. The van der Waals surface area contributed by atoms with Gasteiger partial charge in [0.2, 0.25) is 5.91 Å². The molecule has 2 atom stereocenters. The highest BCUT2D eigenvalue weighted by Gasteiger charge is 2.48. The molecule has 1 amide bonds. The van der Waals surface area contributed by atoms with Gasteiger partial charge in [0.15, 0.2) is 0 Å². The van der Waals surface area contributed by atoms with E-state index in [4.69, 9.17) is 0 Å². The lowest BCUT2D eigenvalue weighted by molar-refractivity contribution is -0.145. The first-order chi connectivity index (χ1) is 15.9. The second-order valence-corrected chi connectivity index (χ2v) is 9.57. The van der Waals surface area contributed by atoms with Crippen LogP contribution in [0.2, 0.25) is 0 Å². The molecule has 0 aliphatic carbocycles. The van der Waals surface area contributed by atoms with Crippen molar-refractivity contribution in [3.05, 3.63) is 65.2 Å². The highest BCUT2D eigenvalue weighted by atomic mass is 32.2. The summed E-state index contributed by atoms with van der Waals surface area (Å²) >= 11 is 0. The molecule has 0 saturated heterocycles. The summed E-state index contributed by atoms with van der Waals surface area (Å²) in [5.74, 6) is -3.07. The molecule has 0 fully saturated rings. The molecule has 2 aromatic carbocycles. The van der Waals surface area contributed by atoms with E-state index in [1.807, 2.05) is 37.3 Å². The average Bonchev–Trinajstić information content (AvgIpc) is 2.85. The van der Waals surface area contributed by atoms with Gasteiger partial charge >= 0.3 is 21.6 Å². The fourth-order valence-electron chi connectivity index (χ4n) is 4.19. The number of fused-ring (bicyclic) bond motifs is 1. The number of carboxylic acids is 1. The molecule has 1 N–H and O–H groups in total. The van der Waals surface area contributed by atoms with Gasteiger partial charge in [-0.2, -0.15) is 21.6 Å². The zero-order chi connectivity index (χ0) is 25.1. The number of nitrogens with zero attached hydrogens (tertiary/aromatic N) is 1. The third-order valence-corrected chi connectivity index (χ3v) is 6.71. The number of benzene rings is 2. The second kappa shape index (κ2) is 10.0. The van der Waals surface area contributed by atoms with Gasteiger partial charge in [0.25, 0.3) is 0 Å². The predicted octanol–water partition coefficient (Wildman–Crippen LogP) is 4.08. The molecule has 11 heteroatoms. The minimum atomic E-state index is -5.87. The SMILES string of the molecule is CCC1c2ccc(OS(=O)(=O)C(F)(F)F)cc2CC(CC(=O)O)C(=O)N1CCc1ccccc1. The van der Waals surface area contributed by atoms with Crippen molar-refractivity contribution >= 4 is 22.0 Å². The lowest BCUT2D eigenvalue weighted by Crippen LogP contribution is -2.39. The zero-order valence-corrected chi connectivity index (χ0v) is 19.1. The van der Waals surface area contributed by atoms with E-state index in [1.54, 1.807) is 4.90 Å². The molecule has 2 aromatic rings. The van der Waals surface area contributed by atoms with Crippen molar-refractivity contribution in [1.29, 1.82) is 0 Å². The van der Waals surface area contributed by atoms with Crippen LogP contribution in [0.3, 0.4) is 0 Å². The first kappa shape index (κ1) is 25.5. The van der Waals surface area contributed by atoms with E-state index in [2.05, 4.69) is 4.18 Å². The first-order valence-electron chi connectivity index (χ1n) is 10.6. The summed E-state index contributed by atoms with van der Waals surface area (Å²) in [6, 6.07) is 12.7. The van der Waals surface area contributed by atoms with Crippen molar-refractivity contribution in [2.45, 2.75) is 44.2 Å². The Morgan fingerprint density at radius 2 is 1.85 bits per heavy atom. The van der Waals surface area contributed by atoms with Crippen LogP contribution in [0.5, 0.6) is 5.75 Å². The average molecular weight is 500 g/mol. The highest BCUT2D eigenvalue weighted by Crippen LogP contribution is 2.37. The quantitative estimate of drug-likeness (QED) is 0.434. The Labute approximate surface area is 195 Å². The number of aliphatic carboxylic acids is 1. The smallest absolute Gasteiger partial charge is 0.481 e. The number of carbonyl (C=O) groups excluding carboxylic acids is 1. The van der Waals surface area contributed by atoms with Crippen molar-refractivity contribution in [3.8, 4) is 5.75 Å². The van der Waals surface area contributed by atoms with Crippen LogP contribution >= 0.6 is 0 Å². The molecular formula is C23H24F3NO6S. The minimum Gasteiger partial charge on any atom is -0.481 e. The van der Waals surface area contributed by atoms with Crippen LogP contribution in [0.25, 0.3) is 0 Å². The van der Waals surface area contributed by atoms with E-state index in [9.17, 15) is 36.3 Å². The van der Waals surface area contributed by atoms with Crippen molar-refractivity contribution in [2.24, 2.45) is 5.92 Å². The van der Waals surface area contributed by atoms with Crippen LogP contribution in [0.4, 0.5) is 13.2 Å². The number of halogens is 3. The van der Waals surface area contributed by atoms with Crippen molar-refractivity contribution in [1.82, 2.24) is 4.90 Å². The fourth-order valence-corrected chi connectivity index (χ4v) is 4.64. The van der Waals surface area contributed by atoms with E-state index in [0.717, 1.165) is 17.7 Å². The molecule has 0 radical (unpaired) electrons. The standard InChI is InChI=1S/C23H24F3NO6S/c1-2-20-19-9-8-18(33-34(31,32)23(24,25)26)13-16(19)12-17(14-21(28)29)22(30)27(20)11-10-15-6-4-3-5-7-15/h3-9,13,17,20H,2,10-12,14H2,1H3,(H,28,29). The summed E-state index contributed by atoms with van der Waals surface area (Å²) in [5.41, 5.74) is -3.61. The summed E-state index contributed by atoms with van der Waals surface area (Å²) in [6.07, 6.45) is 0.460. The van der Waals surface area contributed by atoms with Gasteiger partial charge in [-0.3, -0.25) is 9.59 Å². The molecule has 1 aliphatic heterocycles.